The highest BCUT2D eigenvalue weighted by molar-refractivity contribution is 7.99. The Morgan fingerprint density at radius 2 is 2.00 bits per heavy atom. The molecule has 0 aliphatic rings. The number of carboxylic acids is 1. The van der Waals surface area contributed by atoms with E-state index in [-0.39, 0.29) is 0 Å². The number of allylic oxidation sites excluding steroid dienone is 1. The lowest BCUT2D eigenvalue weighted by Gasteiger charge is -1.99. The highest BCUT2D eigenvalue weighted by Gasteiger charge is 1.97. The van der Waals surface area contributed by atoms with Gasteiger partial charge in [-0.05, 0) is 31.3 Å². The fourth-order valence-electron chi connectivity index (χ4n) is 1.18. The zero-order valence-electron chi connectivity index (χ0n) is 9.79. The van der Waals surface area contributed by atoms with Gasteiger partial charge in [0.2, 0.25) is 0 Å². The minimum atomic E-state index is -0.803. The zero-order chi connectivity index (χ0) is 11.5. The van der Waals surface area contributed by atoms with Crippen LogP contribution in [0.1, 0.15) is 46.0 Å². The molecule has 0 aromatic rings. The predicted molar refractivity (Wildman–Crippen MR) is 67.5 cm³/mol. The molecular weight excluding hydrogens is 208 g/mol. The van der Waals surface area contributed by atoms with Gasteiger partial charge < -0.3 is 5.11 Å². The van der Waals surface area contributed by atoms with Crippen molar-refractivity contribution in [2.45, 2.75) is 46.0 Å². The van der Waals surface area contributed by atoms with Gasteiger partial charge >= 0.3 is 5.97 Å². The quantitative estimate of drug-likeness (QED) is 0.484. The molecule has 88 valence electrons. The van der Waals surface area contributed by atoms with Crippen LogP contribution in [0.2, 0.25) is 0 Å². The molecule has 0 heterocycles. The number of aliphatic carboxylic acids is 1. The molecule has 0 aliphatic carbocycles. The van der Waals surface area contributed by atoms with Gasteiger partial charge in [0.15, 0.2) is 0 Å². The lowest BCUT2D eigenvalue weighted by Crippen LogP contribution is -1.96. The average Bonchev–Trinajstić information content (AvgIpc) is 2.21. The molecule has 0 fully saturated rings. The monoisotopic (exact) mass is 230 g/mol. The number of hydrogen-bond acceptors (Lipinski definition) is 2. The van der Waals surface area contributed by atoms with Gasteiger partial charge in [0.05, 0.1) is 0 Å². The predicted octanol–water partition coefficient (Wildman–Crippen LogP) is 3.72. The summed E-state index contributed by atoms with van der Waals surface area (Å²) in [6.45, 7) is 3.86. The molecule has 0 bridgehead atoms. The summed E-state index contributed by atoms with van der Waals surface area (Å²) in [5.74, 6) is 1.44. The van der Waals surface area contributed by atoms with Crippen LogP contribution in [0.5, 0.6) is 0 Å². The van der Waals surface area contributed by atoms with Gasteiger partial charge in [0, 0.05) is 5.57 Å². The van der Waals surface area contributed by atoms with Crippen molar-refractivity contribution in [3.63, 3.8) is 0 Å². The molecule has 0 spiro atoms. The van der Waals surface area contributed by atoms with Crippen LogP contribution in [-0.4, -0.2) is 22.6 Å². The van der Waals surface area contributed by atoms with Crippen LogP contribution in [0.4, 0.5) is 0 Å². The van der Waals surface area contributed by atoms with Crippen LogP contribution in [0.3, 0.4) is 0 Å². The molecule has 0 saturated heterocycles. The van der Waals surface area contributed by atoms with Crippen molar-refractivity contribution < 1.29 is 9.90 Å². The molecule has 0 radical (unpaired) electrons. The molecule has 3 heteroatoms. The van der Waals surface area contributed by atoms with E-state index in [1.807, 2.05) is 11.8 Å². The van der Waals surface area contributed by atoms with Gasteiger partial charge in [-0.1, -0.05) is 32.3 Å². The second-order valence-corrected chi connectivity index (χ2v) is 4.88. The summed E-state index contributed by atoms with van der Waals surface area (Å²) in [4.78, 5) is 10.5. The van der Waals surface area contributed by atoms with E-state index in [1.165, 1.54) is 31.4 Å². The Morgan fingerprint density at radius 3 is 2.60 bits per heavy atom. The number of carboxylic acid groups (broad SMARTS) is 1. The van der Waals surface area contributed by atoms with Crippen molar-refractivity contribution in [2.24, 2.45) is 0 Å². The molecule has 15 heavy (non-hydrogen) atoms. The Balaban J connectivity index is 3.25. The standard InChI is InChI=1S/C12H22O2S/c1-3-4-5-6-9-15-10-7-8-11(2)12(13)14/h8H,3-7,9-10H2,1-2H3,(H,13,14). The van der Waals surface area contributed by atoms with Gasteiger partial charge in [-0.3, -0.25) is 0 Å². The first-order valence-corrected chi connectivity index (χ1v) is 6.81. The van der Waals surface area contributed by atoms with E-state index in [0.717, 1.165) is 12.2 Å². The lowest BCUT2D eigenvalue weighted by molar-refractivity contribution is -0.132. The van der Waals surface area contributed by atoms with Gasteiger partial charge in [-0.2, -0.15) is 11.8 Å². The summed E-state index contributed by atoms with van der Waals surface area (Å²) >= 11 is 1.92. The minimum absolute atomic E-state index is 0.460. The van der Waals surface area contributed by atoms with E-state index in [4.69, 9.17) is 5.11 Å². The van der Waals surface area contributed by atoms with Crippen LogP contribution in [-0.2, 0) is 4.79 Å². The van der Waals surface area contributed by atoms with Gasteiger partial charge in [0.1, 0.15) is 0 Å². The summed E-state index contributed by atoms with van der Waals surface area (Å²) in [7, 11) is 0. The molecule has 0 aromatic heterocycles. The molecule has 0 atom stereocenters. The third-order valence-electron chi connectivity index (χ3n) is 2.19. The highest BCUT2D eigenvalue weighted by atomic mass is 32.2. The largest absolute Gasteiger partial charge is 0.478 e. The van der Waals surface area contributed by atoms with Gasteiger partial charge in [0.25, 0.3) is 0 Å². The number of unbranched alkanes of at least 4 members (excludes halogenated alkanes) is 3. The van der Waals surface area contributed by atoms with Crippen LogP contribution < -0.4 is 0 Å². The maximum atomic E-state index is 10.5. The molecule has 1 N–H and O–H groups in total. The summed E-state index contributed by atoms with van der Waals surface area (Å²) in [5, 5.41) is 8.61. The number of rotatable bonds is 9. The van der Waals surface area contributed by atoms with Crippen LogP contribution in [0.15, 0.2) is 11.6 Å². The van der Waals surface area contributed by atoms with Crippen LogP contribution in [0.25, 0.3) is 0 Å². The number of thioether (sulfide) groups is 1. The molecular formula is C12H22O2S. The van der Waals surface area contributed by atoms with Crippen molar-refractivity contribution in [2.75, 3.05) is 11.5 Å². The second kappa shape index (κ2) is 10.1. The molecule has 0 rings (SSSR count). The molecule has 0 saturated carbocycles. The summed E-state index contributed by atoms with van der Waals surface area (Å²) in [6, 6.07) is 0. The minimum Gasteiger partial charge on any atom is -0.478 e. The molecule has 0 amide bonds. The Kier molecular flexibility index (Phi) is 9.79. The summed E-state index contributed by atoms with van der Waals surface area (Å²) in [5.41, 5.74) is 0.460. The fraction of sp³-hybridized carbons (Fsp3) is 0.750. The fourth-order valence-corrected chi connectivity index (χ4v) is 2.08. The summed E-state index contributed by atoms with van der Waals surface area (Å²) < 4.78 is 0. The molecule has 0 aromatic carbocycles. The van der Waals surface area contributed by atoms with Crippen molar-refractivity contribution in [1.29, 1.82) is 0 Å². The smallest absolute Gasteiger partial charge is 0.330 e. The normalized spacial score (nSPS) is 11.7. The Hall–Kier alpha value is -0.440. The lowest BCUT2D eigenvalue weighted by atomic mass is 10.2. The van der Waals surface area contributed by atoms with E-state index >= 15 is 0 Å². The van der Waals surface area contributed by atoms with Gasteiger partial charge in [-0.15, -0.1) is 0 Å². The molecule has 0 aliphatic heterocycles. The maximum Gasteiger partial charge on any atom is 0.330 e. The first-order valence-electron chi connectivity index (χ1n) is 5.66. The second-order valence-electron chi connectivity index (χ2n) is 3.65. The van der Waals surface area contributed by atoms with Crippen molar-refractivity contribution in [3.8, 4) is 0 Å². The third kappa shape index (κ3) is 9.85. The maximum absolute atomic E-state index is 10.5. The first kappa shape index (κ1) is 14.6. The Morgan fingerprint density at radius 1 is 1.27 bits per heavy atom. The van der Waals surface area contributed by atoms with E-state index in [9.17, 15) is 4.79 Å². The van der Waals surface area contributed by atoms with E-state index in [2.05, 4.69) is 6.92 Å². The zero-order valence-corrected chi connectivity index (χ0v) is 10.6. The van der Waals surface area contributed by atoms with E-state index in [1.54, 1.807) is 13.0 Å². The number of carbonyl (C=O) groups is 1. The van der Waals surface area contributed by atoms with E-state index in [0.29, 0.717) is 5.57 Å². The third-order valence-corrected chi connectivity index (χ3v) is 3.29. The molecule has 2 nitrogen and oxygen atoms in total. The van der Waals surface area contributed by atoms with Crippen LogP contribution in [0, 0.1) is 0 Å². The van der Waals surface area contributed by atoms with Crippen molar-refractivity contribution in [3.05, 3.63) is 11.6 Å². The first-order chi connectivity index (χ1) is 7.18. The average molecular weight is 230 g/mol. The Bertz CT molecular complexity index is 200. The number of hydrogen-bond donors (Lipinski definition) is 1. The van der Waals surface area contributed by atoms with Crippen LogP contribution >= 0.6 is 11.8 Å². The Labute approximate surface area is 97.1 Å². The van der Waals surface area contributed by atoms with Gasteiger partial charge in [-0.25, -0.2) is 4.79 Å². The van der Waals surface area contributed by atoms with Crippen molar-refractivity contribution >= 4 is 17.7 Å². The van der Waals surface area contributed by atoms with Crippen molar-refractivity contribution in [1.82, 2.24) is 0 Å². The topological polar surface area (TPSA) is 37.3 Å². The molecule has 0 unspecified atom stereocenters. The summed E-state index contributed by atoms with van der Waals surface area (Å²) in [6.07, 6.45) is 7.91. The van der Waals surface area contributed by atoms with E-state index < -0.39 is 5.97 Å². The highest BCUT2D eigenvalue weighted by Crippen LogP contribution is 2.09. The SMILES string of the molecule is CCCCCCSCCC=C(C)C(=O)O.